The largest absolute Gasteiger partial charge is 0.478 e. The van der Waals surface area contributed by atoms with E-state index in [0.717, 1.165) is 26.9 Å². The normalized spacial score (nSPS) is 10.9. The lowest BCUT2D eigenvalue weighted by Gasteiger charge is -2.08. The quantitative estimate of drug-likeness (QED) is 0.387. The molecule has 1 amide bonds. The third-order valence-corrected chi connectivity index (χ3v) is 6.71. The molecule has 32 heavy (non-hydrogen) atoms. The Balaban J connectivity index is 1.66. The van der Waals surface area contributed by atoms with Crippen LogP contribution in [0.15, 0.2) is 64.1 Å². The summed E-state index contributed by atoms with van der Waals surface area (Å²) in [5.74, 6) is -1.45. The highest BCUT2D eigenvalue weighted by Gasteiger charge is 2.19. The fourth-order valence-electron chi connectivity index (χ4n) is 3.41. The Morgan fingerprint density at radius 3 is 2.44 bits per heavy atom. The molecular formula is C23H18BrN3O4S. The molecule has 2 heterocycles. The number of benzene rings is 2. The number of rotatable bonds is 6. The van der Waals surface area contributed by atoms with Gasteiger partial charge in [0.25, 0.3) is 5.56 Å². The van der Waals surface area contributed by atoms with Gasteiger partial charge < -0.3 is 10.4 Å². The first-order valence-electron chi connectivity index (χ1n) is 9.77. The molecule has 0 spiro atoms. The van der Waals surface area contributed by atoms with Crippen molar-refractivity contribution in [3.05, 3.63) is 80.1 Å². The zero-order valence-electron chi connectivity index (χ0n) is 17.0. The molecular weight excluding hydrogens is 494 g/mol. The van der Waals surface area contributed by atoms with Gasteiger partial charge in [0, 0.05) is 20.6 Å². The number of nitrogens with zero attached hydrogens (tertiary/aromatic N) is 2. The molecule has 0 aliphatic rings. The smallest absolute Gasteiger partial charge is 0.335 e. The number of thiophene rings is 1. The first kappa shape index (κ1) is 21.9. The molecule has 0 aliphatic heterocycles. The molecule has 9 heteroatoms. The third kappa shape index (κ3) is 4.35. The molecule has 0 atom stereocenters. The standard InChI is InChI=1S/C23H18BrN3O4S/c1-2-17-19(13-3-7-15(24)8-4-13)20-21(32-17)25-12-27(22(20)29)11-18(28)26-16-9-5-14(6-10-16)23(30)31/h3-10,12H,2,11H2,1H3,(H,26,28)(H,30,31). The zero-order valence-corrected chi connectivity index (χ0v) is 19.4. The number of amides is 1. The van der Waals surface area contributed by atoms with E-state index in [9.17, 15) is 14.4 Å². The zero-order chi connectivity index (χ0) is 22.8. The number of halogens is 1. The lowest BCUT2D eigenvalue weighted by atomic mass is 10.0. The fourth-order valence-corrected chi connectivity index (χ4v) is 4.76. The van der Waals surface area contributed by atoms with Crippen molar-refractivity contribution >= 4 is 55.0 Å². The van der Waals surface area contributed by atoms with Crippen molar-refractivity contribution in [2.45, 2.75) is 19.9 Å². The maximum Gasteiger partial charge on any atom is 0.335 e. The van der Waals surface area contributed by atoms with Crippen LogP contribution in [0.2, 0.25) is 0 Å². The lowest BCUT2D eigenvalue weighted by Crippen LogP contribution is -2.27. The van der Waals surface area contributed by atoms with Crippen LogP contribution in [0, 0.1) is 0 Å². The Kier molecular flexibility index (Phi) is 6.20. The number of hydrogen-bond donors (Lipinski definition) is 2. The average Bonchev–Trinajstić information content (AvgIpc) is 3.16. The van der Waals surface area contributed by atoms with Gasteiger partial charge in [0.05, 0.1) is 17.3 Å². The molecule has 2 N–H and O–H groups in total. The van der Waals surface area contributed by atoms with E-state index in [0.29, 0.717) is 15.9 Å². The summed E-state index contributed by atoms with van der Waals surface area (Å²) in [6.07, 6.45) is 2.15. The second-order valence-electron chi connectivity index (χ2n) is 7.05. The van der Waals surface area contributed by atoms with Gasteiger partial charge in [-0.2, -0.15) is 0 Å². The molecule has 0 radical (unpaired) electrons. The minimum absolute atomic E-state index is 0.124. The number of fused-ring (bicyclic) bond motifs is 1. The average molecular weight is 512 g/mol. The van der Waals surface area contributed by atoms with Crippen molar-refractivity contribution in [3.63, 3.8) is 0 Å². The van der Waals surface area contributed by atoms with Gasteiger partial charge >= 0.3 is 5.97 Å². The Morgan fingerprint density at radius 2 is 1.81 bits per heavy atom. The highest BCUT2D eigenvalue weighted by atomic mass is 79.9. The number of carbonyl (C=O) groups excluding carboxylic acids is 1. The van der Waals surface area contributed by atoms with E-state index < -0.39 is 11.9 Å². The molecule has 4 aromatic rings. The van der Waals surface area contributed by atoms with E-state index in [1.807, 2.05) is 31.2 Å². The molecule has 0 saturated heterocycles. The van der Waals surface area contributed by atoms with Crippen molar-refractivity contribution in [2.24, 2.45) is 0 Å². The van der Waals surface area contributed by atoms with E-state index in [-0.39, 0.29) is 17.7 Å². The second-order valence-corrected chi connectivity index (χ2v) is 9.05. The first-order chi connectivity index (χ1) is 15.4. The van der Waals surface area contributed by atoms with Gasteiger partial charge in [-0.15, -0.1) is 11.3 Å². The van der Waals surface area contributed by atoms with Gasteiger partial charge in [-0.05, 0) is 48.4 Å². The molecule has 2 aromatic heterocycles. The summed E-state index contributed by atoms with van der Waals surface area (Å²) in [5, 5.41) is 12.2. The summed E-state index contributed by atoms with van der Waals surface area (Å²) < 4.78 is 2.24. The Labute approximate surface area is 195 Å². The van der Waals surface area contributed by atoms with Gasteiger partial charge in [-0.25, -0.2) is 9.78 Å². The molecule has 0 aliphatic carbocycles. The number of carboxylic acid groups (broad SMARTS) is 1. The van der Waals surface area contributed by atoms with E-state index in [2.05, 4.69) is 26.2 Å². The van der Waals surface area contributed by atoms with Gasteiger partial charge in [0.15, 0.2) is 0 Å². The number of anilines is 1. The molecule has 0 fully saturated rings. The number of hydrogen-bond acceptors (Lipinski definition) is 5. The minimum Gasteiger partial charge on any atom is -0.478 e. The van der Waals surface area contributed by atoms with Crippen molar-refractivity contribution < 1.29 is 14.7 Å². The molecule has 0 unspecified atom stereocenters. The maximum absolute atomic E-state index is 13.3. The lowest BCUT2D eigenvalue weighted by molar-refractivity contribution is -0.116. The van der Waals surface area contributed by atoms with Crippen LogP contribution in [0.3, 0.4) is 0 Å². The summed E-state index contributed by atoms with van der Waals surface area (Å²) in [6, 6.07) is 13.6. The Hall–Kier alpha value is -3.30. The van der Waals surface area contributed by atoms with Crippen LogP contribution in [0.25, 0.3) is 21.3 Å². The molecule has 162 valence electrons. The summed E-state index contributed by atoms with van der Waals surface area (Å²) in [6.45, 7) is 1.83. The third-order valence-electron chi connectivity index (χ3n) is 4.94. The van der Waals surface area contributed by atoms with Crippen LogP contribution in [-0.4, -0.2) is 26.5 Å². The van der Waals surface area contributed by atoms with E-state index in [4.69, 9.17) is 5.11 Å². The van der Waals surface area contributed by atoms with Gasteiger partial charge in [0.2, 0.25) is 5.91 Å². The maximum atomic E-state index is 13.3. The monoisotopic (exact) mass is 511 g/mol. The number of aromatic nitrogens is 2. The van der Waals surface area contributed by atoms with Gasteiger partial charge in [0.1, 0.15) is 11.4 Å². The summed E-state index contributed by atoms with van der Waals surface area (Å²) in [5.41, 5.74) is 2.08. The number of aryl methyl sites for hydroxylation is 1. The highest BCUT2D eigenvalue weighted by Crippen LogP contribution is 2.36. The summed E-state index contributed by atoms with van der Waals surface area (Å²) in [7, 11) is 0. The van der Waals surface area contributed by atoms with Crippen molar-refractivity contribution in [3.8, 4) is 11.1 Å². The molecule has 0 bridgehead atoms. The SMILES string of the molecule is CCc1sc2ncn(CC(=O)Nc3ccc(C(=O)O)cc3)c(=O)c2c1-c1ccc(Br)cc1. The molecule has 7 nitrogen and oxygen atoms in total. The van der Waals surface area contributed by atoms with Crippen molar-refractivity contribution in [1.29, 1.82) is 0 Å². The molecule has 4 rings (SSSR count). The second kappa shape index (κ2) is 9.05. The number of nitrogens with one attached hydrogen (secondary N) is 1. The van der Waals surface area contributed by atoms with Crippen LogP contribution < -0.4 is 10.9 Å². The van der Waals surface area contributed by atoms with Crippen LogP contribution in [0.1, 0.15) is 22.2 Å². The Bertz CT molecular complexity index is 1380. The first-order valence-corrected chi connectivity index (χ1v) is 11.4. The molecule has 0 saturated carbocycles. The minimum atomic E-state index is -1.04. The number of aromatic carboxylic acids is 1. The topological polar surface area (TPSA) is 101 Å². The van der Waals surface area contributed by atoms with Crippen molar-refractivity contribution in [1.82, 2.24) is 9.55 Å². The van der Waals surface area contributed by atoms with Crippen LogP contribution in [-0.2, 0) is 17.8 Å². The van der Waals surface area contributed by atoms with E-state index in [1.54, 1.807) is 0 Å². The Morgan fingerprint density at radius 1 is 1.12 bits per heavy atom. The predicted molar refractivity (Wildman–Crippen MR) is 128 cm³/mol. The van der Waals surface area contributed by atoms with Crippen molar-refractivity contribution in [2.75, 3.05) is 5.32 Å². The number of carbonyl (C=O) groups is 2. The summed E-state index contributed by atoms with van der Waals surface area (Å²) >= 11 is 4.92. The van der Waals surface area contributed by atoms with Gasteiger partial charge in [-0.3, -0.25) is 14.2 Å². The van der Waals surface area contributed by atoms with E-state index >= 15 is 0 Å². The number of carboxylic acids is 1. The van der Waals surface area contributed by atoms with E-state index in [1.165, 1.54) is 46.5 Å². The predicted octanol–water partition coefficient (Wildman–Crippen LogP) is 4.79. The van der Waals surface area contributed by atoms with Crippen LogP contribution >= 0.6 is 27.3 Å². The van der Waals surface area contributed by atoms with Crippen LogP contribution in [0.5, 0.6) is 0 Å². The fraction of sp³-hybridized carbons (Fsp3) is 0.130. The molecule has 2 aromatic carbocycles. The van der Waals surface area contributed by atoms with Crippen LogP contribution in [0.4, 0.5) is 5.69 Å². The highest BCUT2D eigenvalue weighted by molar-refractivity contribution is 9.10. The summed E-state index contributed by atoms with van der Waals surface area (Å²) in [4.78, 5) is 42.9. The van der Waals surface area contributed by atoms with Gasteiger partial charge in [-0.1, -0.05) is 35.0 Å².